The zero-order valence-electron chi connectivity index (χ0n) is 21.2. The lowest BCUT2D eigenvalue weighted by Crippen LogP contribution is -2.31. The Labute approximate surface area is 192 Å². The molecular weight excluding hydrogens is 372 g/mol. The van der Waals surface area contributed by atoms with Crippen molar-refractivity contribution in [2.45, 2.75) is 111 Å². The van der Waals surface area contributed by atoms with Crippen LogP contribution in [0.2, 0.25) is 0 Å². The van der Waals surface area contributed by atoms with Crippen LogP contribution >= 0.6 is 0 Å². The maximum absolute atomic E-state index is 2.54. The molecule has 0 saturated heterocycles. The molecule has 0 N–H and O–H groups in total. The maximum Gasteiger partial charge on any atom is 0.0220 e. The molecule has 0 saturated carbocycles. The summed E-state index contributed by atoms with van der Waals surface area (Å²) in [5.74, 6) is 1.61. The van der Waals surface area contributed by atoms with Gasteiger partial charge in [0.25, 0.3) is 0 Å². The second-order valence-electron chi connectivity index (χ2n) is 10.4. The van der Waals surface area contributed by atoms with Crippen LogP contribution in [0.1, 0.15) is 114 Å². The van der Waals surface area contributed by atoms with Crippen molar-refractivity contribution in [3.8, 4) is 11.1 Å². The third-order valence-corrected chi connectivity index (χ3v) is 8.01. The van der Waals surface area contributed by atoms with Crippen molar-refractivity contribution in [3.63, 3.8) is 0 Å². The smallest absolute Gasteiger partial charge is 0.0220 e. The van der Waals surface area contributed by atoms with Crippen molar-refractivity contribution >= 4 is 0 Å². The Balaban J connectivity index is 2.14. The van der Waals surface area contributed by atoms with Crippen molar-refractivity contribution in [1.29, 1.82) is 0 Å². The molecule has 0 radical (unpaired) electrons. The van der Waals surface area contributed by atoms with E-state index in [4.69, 9.17) is 0 Å². The minimum atomic E-state index is 0.186. The molecule has 1 aliphatic rings. The fraction of sp³-hybridized carbons (Fsp3) is 0.613. The molecule has 2 aromatic rings. The summed E-state index contributed by atoms with van der Waals surface area (Å²) in [6.07, 6.45) is 13.4. The molecule has 2 unspecified atom stereocenters. The highest BCUT2D eigenvalue weighted by atomic mass is 14.5. The predicted octanol–water partition coefficient (Wildman–Crippen LogP) is 9.78. The van der Waals surface area contributed by atoms with Gasteiger partial charge < -0.3 is 0 Å². The highest BCUT2D eigenvalue weighted by Crippen LogP contribution is 2.56. The van der Waals surface area contributed by atoms with E-state index < -0.39 is 0 Å². The molecule has 3 rings (SSSR count). The number of fused-ring (bicyclic) bond motifs is 3. The van der Waals surface area contributed by atoms with E-state index in [0.29, 0.717) is 0 Å². The molecule has 0 heteroatoms. The van der Waals surface area contributed by atoms with Gasteiger partial charge in [-0.3, -0.25) is 0 Å². The van der Waals surface area contributed by atoms with E-state index in [1.54, 1.807) is 11.1 Å². The van der Waals surface area contributed by atoms with E-state index in [2.05, 4.69) is 77.9 Å². The Morgan fingerprint density at radius 2 is 1.16 bits per heavy atom. The fourth-order valence-corrected chi connectivity index (χ4v) is 6.22. The second kappa shape index (κ2) is 10.8. The first-order valence-corrected chi connectivity index (χ1v) is 13.2. The van der Waals surface area contributed by atoms with Gasteiger partial charge in [-0.2, -0.15) is 0 Å². The first-order chi connectivity index (χ1) is 15.0. The number of hydrogen-bond acceptors (Lipinski definition) is 0. The maximum atomic E-state index is 2.54. The van der Waals surface area contributed by atoms with Gasteiger partial charge in [-0.15, -0.1) is 0 Å². The van der Waals surface area contributed by atoms with Crippen LogP contribution in [0.25, 0.3) is 11.1 Å². The predicted molar refractivity (Wildman–Crippen MR) is 138 cm³/mol. The summed E-state index contributed by atoms with van der Waals surface area (Å²) in [5, 5.41) is 0. The van der Waals surface area contributed by atoms with Crippen molar-refractivity contribution < 1.29 is 0 Å². The number of rotatable bonds is 12. The number of unbranched alkanes of at least 4 members (excludes halogenated alkanes) is 2. The zero-order valence-corrected chi connectivity index (χ0v) is 21.2. The van der Waals surface area contributed by atoms with E-state index >= 15 is 0 Å². The summed E-state index contributed by atoms with van der Waals surface area (Å²) < 4.78 is 0. The van der Waals surface area contributed by atoms with Gasteiger partial charge in [0, 0.05) is 5.41 Å². The van der Waals surface area contributed by atoms with Gasteiger partial charge in [0.05, 0.1) is 0 Å². The third-order valence-electron chi connectivity index (χ3n) is 8.01. The summed E-state index contributed by atoms with van der Waals surface area (Å²) >= 11 is 0. The van der Waals surface area contributed by atoms with Crippen molar-refractivity contribution in [1.82, 2.24) is 0 Å². The van der Waals surface area contributed by atoms with Crippen LogP contribution in [0.3, 0.4) is 0 Å². The average molecular weight is 419 g/mol. The molecule has 31 heavy (non-hydrogen) atoms. The molecule has 0 amide bonds. The average Bonchev–Trinajstić information content (AvgIpc) is 3.01. The Kier molecular flexibility index (Phi) is 8.43. The molecule has 0 aromatic heterocycles. The zero-order chi connectivity index (χ0) is 22.4. The summed E-state index contributed by atoms with van der Waals surface area (Å²) in [5.41, 5.74) is 9.30. The largest absolute Gasteiger partial charge is 0.0654 e. The first-order valence-electron chi connectivity index (χ1n) is 13.2. The van der Waals surface area contributed by atoms with Gasteiger partial charge in [0.2, 0.25) is 0 Å². The minimum absolute atomic E-state index is 0.186. The van der Waals surface area contributed by atoms with Gasteiger partial charge in [-0.05, 0) is 60.8 Å². The lowest BCUT2D eigenvalue weighted by atomic mass is 9.65. The molecule has 0 nitrogen and oxygen atoms in total. The van der Waals surface area contributed by atoms with Gasteiger partial charge in [-0.25, -0.2) is 0 Å². The summed E-state index contributed by atoms with van der Waals surface area (Å²) in [7, 11) is 0. The van der Waals surface area contributed by atoms with E-state index in [0.717, 1.165) is 11.8 Å². The molecule has 2 aromatic carbocycles. The van der Waals surface area contributed by atoms with Crippen LogP contribution < -0.4 is 0 Å². The van der Waals surface area contributed by atoms with Gasteiger partial charge >= 0.3 is 0 Å². The Bertz CT molecular complexity index is 792. The molecule has 0 heterocycles. The SMILES string of the molecule is CCCCCC(CC)CC1(CC(CC)CCC)c2cc(C)ccc2-c2ccc(C)cc21. The van der Waals surface area contributed by atoms with E-state index in [1.807, 2.05) is 0 Å². The van der Waals surface area contributed by atoms with Crippen LogP contribution in [0.15, 0.2) is 36.4 Å². The quantitative estimate of drug-likeness (QED) is 0.301. The monoisotopic (exact) mass is 418 g/mol. The van der Waals surface area contributed by atoms with Gasteiger partial charge in [-0.1, -0.05) is 127 Å². The van der Waals surface area contributed by atoms with Crippen LogP contribution in [0.4, 0.5) is 0 Å². The van der Waals surface area contributed by atoms with Crippen molar-refractivity contribution in [2.24, 2.45) is 11.8 Å². The minimum Gasteiger partial charge on any atom is -0.0654 e. The third kappa shape index (κ3) is 5.10. The molecule has 0 bridgehead atoms. The van der Waals surface area contributed by atoms with Crippen LogP contribution in [0, 0.1) is 25.7 Å². The molecule has 2 atom stereocenters. The van der Waals surface area contributed by atoms with E-state index in [9.17, 15) is 0 Å². The summed E-state index contributed by atoms with van der Waals surface area (Å²) in [6, 6.07) is 14.6. The summed E-state index contributed by atoms with van der Waals surface area (Å²) in [4.78, 5) is 0. The number of hydrogen-bond donors (Lipinski definition) is 0. The normalized spacial score (nSPS) is 16.1. The lowest BCUT2D eigenvalue weighted by molar-refractivity contribution is 0.267. The molecule has 0 fully saturated rings. The Hall–Kier alpha value is -1.56. The molecule has 1 aliphatic carbocycles. The second-order valence-corrected chi connectivity index (χ2v) is 10.4. The van der Waals surface area contributed by atoms with Crippen molar-refractivity contribution in [2.75, 3.05) is 0 Å². The fourth-order valence-electron chi connectivity index (χ4n) is 6.22. The molecular formula is C31H46. The molecule has 0 aliphatic heterocycles. The van der Waals surface area contributed by atoms with Crippen LogP contribution in [-0.2, 0) is 5.41 Å². The van der Waals surface area contributed by atoms with E-state index in [1.165, 1.54) is 86.5 Å². The highest BCUT2D eigenvalue weighted by Gasteiger charge is 2.45. The number of aryl methyl sites for hydroxylation is 2. The van der Waals surface area contributed by atoms with Gasteiger partial charge in [0.15, 0.2) is 0 Å². The number of benzene rings is 2. The summed E-state index contributed by atoms with van der Waals surface area (Å²) in [6.45, 7) is 14.1. The molecule has 170 valence electrons. The standard InChI is InChI=1S/C31H46/c1-7-11-12-14-26(10-4)22-31(21-25(9-3)13-8-2)29-19-23(5)15-17-27(29)28-18-16-24(6)20-30(28)31/h15-20,25-26H,7-14,21-22H2,1-6H3. The van der Waals surface area contributed by atoms with Gasteiger partial charge in [0.1, 0.15) is 0 Å². The van der Waals surface area contributed by atoms with Crippen LogP contribution in [-0.4, -0.2) is 0 Å². The molecule has 0 spiro atoms. The van der Waals surface area contributed by atoms with E-state index in [-0.39, 0.29) is 5.41 Å². The first kappa shape index (κ1) is 24.1. The lowest BCUT2D eigenvalue weighted by Gasteiger charge is -2.39. The Morgan fingerprint density at radius 1 is 0.645 bits per heavy atom. The highest BCUT2D eigenvalue weighted by molar-refractivity contribution is 5.81. The Morgan fingerprint density at radius 3 is 1.61 bits per heavy atom. The topological polar surface area (TPSA) is 0 Å². The van der Waals surface area contributed by atoms with Crippen molar-refractivity contribution in [3.05, 3.63) is 58.7 Å². The van der Waals surface area contributed by atoms with Crippen LogP contribution in [0.5, 0.6) is 0 Å².